The monoisotopic (exact) mass is 337 g/mol. The standard InChI is InChI=1S/C15H16ClN3O4/c16-9-3-1-2-8(4-9)13(21)17-10-5-12-14(22)18-11(7-20)15(23)19(12)6-10/h1-4,10-12,20H,5-7H2,(H,17,21)(H,18,22)/t10-,11+,12-/m0/s1. The molecule has 2 aliphatic heterocycles. The molecule has 0 radical (unpaired) electrons. The Bertz CT molecular complexity index is 666. The molecule has 0 unspecified atom stereocenters. The van der Waals surface area contributed by atoms with Crippen molar-refractivity contribution in [3.8, 4) is 0 Å². The number of nitrogens with zero attached hydrogens (tertiary/aromatic N) is 1. The Morgan fingerprint density at radius 1 is 1.43 bits per heavy atom. The lowest BCUT2D eigenvalue weighted by atomic mass is 10.1. The van der Waals surface area contributed by atoms with Crippen LogP contribution in [0.15, 0.2) is 24.3 Å². The number of hydrogen-bond donors (Lipinski definition) is 3. The second-order valence-corrected chi connectivity index (χ2v) is 6.10. The Morgan fingerprint density at radius 3 is 2.91 bits per heavy atom. The van der Waals surface area contributed by atoms with Crippen LogP contribution in [0.25, 0.3) is 0 Å². The molecule has 8 heteroatoms. The molecule has 3 N–H and O–H groups in total. The SMILES string of the molecule is O=C(N[C@H]1C[C@H]2C(=O)N[C@H](CO)C(=O)N2C1)c1cccc(Cl)c1. The highest BCUT2D eigenvalue weighted by atomic mass is 35.5. The third-order valence-corrected chi connectivity index (χ3v) is 4.34. The van der Waals surface area contributed by atoms with Crippen molar-refractivity contribution in [2.45, 2.75) is 24.5 Å². The fourth-order valence-electron chi connectivity index (χ4n) is 2.98. The van der Waals surface area contributed by atoms with E-state index < -0.39 is 18.7 Å². The summed E-state index contributed by atoms with van der Waals surface area (Å²) in [5.74, 6) is -0.927. The van der Waals surface area contributed by atoms with E-state index in [9.17, 15) is 14.4 Å². The van der Waals surface area contributed by atoms with Gasteiger partial charge in [0.25, 0.3) is 5.91 Å². The summed E-state index contributed by atoms with van der Waals surface area (Å²) in [5, 5.41) is 14.9. The minimum absolute atomic E-state index is 0.250. The number of piperazine rings is 1. The molecule has 2 fully saturated rings. The van der Waals surface area contributed by atoms with Crippen molar-refractivity contribution in [2.24, 2.45) is 0 Å². The lowest BCUT2D eigenvalue weighted by Gasteiger charge is -2.33. The van der Waals surface area contributed by atoms with Crippen LogP contribution >= 0.6 is 11.6 Å². The Balaban J connectivity index is 1.69. The molecular weight excluding hydrogens is 322 g/mol. The third-order valence-electron chi connectivity index (χ3n) is 4.11. The number of carbonyl (C=O) groups excluding carboxylic acids is 3. The second-order valence-electron chi connectivity index (χ2n) is 5.67. The van der Waals surface area contributed by atoms with Crippen molar-refractivity contribution in [3.05, 3.63) is 34.9 Å². The number of rotatable bonds is 3. The van der Waals surface area contributed by atoms with E-state index in [1.807, 2.05) is 0 Å². The Labute approximate surface area is 137 Å². The summed E-state index contributed by atoms with van der Waals surface area (Å²) in [4.78, 5) is 37.8. The van der Waals surface area contributed by atoms with Gasteiger partial charge in [-0.3, -0.25) is 14.4 Å². The third kappa shape index (κ3) is 3.02. The van der Waals surface area contributed by atoms with Gasteiger partial charge in [0.15, 0.2) is 0 Å². The Kier molecular flexibility index (Phi) is 4.23. The highest BCUT2D eigenvalue weighted by Crippen LogP contribution is 2.23. The quantitative estimate of drug-likeness (QED) is 0.694. The van der Waals surface area contributed by atoms with Gasteiger partial charge in [0.2, 0.25) is 11.8 Å². The first kappa shape index (κ1) is 15.8. The van der Waals surface area contributed by atoms with Crippen LogP contribution in [0, 0.1) is 0 Å². The highest BCUT2D eigenvalue weighted by molar-refractivity contribution is 6.30. The first-order valence-corrected chi connectivity index (χ1v) is 7.65. The molecule has 0 saturated carbocycles. The van der Waals surface area contributed by atoms with Gasteiger partial charge in [0.1, 0.15) is 12.1 Å². The van der Waals surface area contributed by atoms with Crippen molar-refractivity contribution in [3.63, 3.8) is 0 Å². The maximum Gasteiger partial charge on any atom is 0.251 e. The van der Waals surface area contributed by atoms with Crippen LogP contribution in [-0.4, -0.2) is 59.0 Å². The molecule has 2 saturated heterocycles. The lowest BCUT2D eigenvalue weighted by molar-refractivity contribution is -0.148. The average Bonchev–Trinajstić information content (AvgIpc) is 2.95. The minimum atomic E-state index is -0.902. The molecule has 3 amide bonds. The lowest BCUT2D eigenvalue weighted by Crippen LogP contribution is -2.62. The molecule has 1 aromatic carbocycles. The average molecular weight is 338 g/mol. The largest absolute Gasteiger partial charge is 0.394 e. The normalized spacial score (nSPS) is 26.7. The van der Waals surface area contributed by atoms with Gasteiger partial charge >= 0.3 is 0 Å². The minimum Gasteiger partial charge on any atom is -0.394 e. The number of amides is 3. The van der Waals surface area contributed by atoms with Gasteiger partial charge < -0.3 is 20.6 Å². The Morgan fingerprint density at radius 2 is 2.22 bits per heavy atom. The number of aliphatic hydroxyl groups excluding tert-OH is 1. The predicted molar refractivity (Wildman–Crippen MR) is 81.8 cm³/mol. The molecule has 3 atom stereocenters. The van der Waals surface area contributed by atoms with Crippen LogP contribution in [0.5, 0.6) is 0 Å². The molecule has 2 aliphatic rings. The number of fused-ring (bicyclic) bond motifs is 1. The highest BCUT2D eigenvalue weighted by Gasteiger charge is 2.46. The smallest absolute Gasteiger partial charge is 0.251 e. The molecule has 122 valence electrons. The fourth-order valence-corrected chi connectivity index (χ4v) is 3.17. The van der Waals surface area contributed by atoms with Crippen LogP contribution < -0.4 is 10.6 Å². The number of aliphatic hydroxyl groups is 1. The first-order valence-electron chi connectivity index (χ1n) is 7.27. The van der Waals surface area contributed by atoms with Crippen LogP contribution in [0.4, 0.5) is 0 Å². The molecule has 2 heterocycles. The predicted octanol–water partition coefficient (Wildman–Crippen LogP) is -0.470. The molecule has 1 aromatic rings. The van der Waals surface area contributed by atoms with E-state index in [4.69, 9.17) is 16.7 Å². The zero-order chi connectivity index (χ0) is 16.6. The molecular formula is C15H16ClN3O4. The molecule has 3 rings (SSSR count). The van der Waals surface area contributed by atoms with Gasteiger partial charge in [-0.1, -0.05) is 17.7 Å². The fraction of sp³-hybridized carbons (Fsp3) is 0.400. The number of hydrogen-bond acceptors (Lipinski definition) is 4. The summed E-state index contributed by atoms with van der Waals surface area (Å²) in [6.45, 7) is -0.187. The van der Waals surface area contributed by atoms with Crippen molar-refractivity contribution in [1.82, 2.24) is 15.5 Å². The maximum atomic E-state index is 12.2. The van der Waals surface area contributed by atoms with Crippen molar-refractivity contribution in [2.75, 3.05) is 13.2 Å². The molecule has 7 nitrogen and oxygen atoms in total. The summed E-state index contributed by atoms with van der Waals surface area (Å²) in [6.07, 6.45) is 0.349. The van der Waals surface area contributed by atoms with E-state index in [-0.39, 0.29) is 30.3 Å². The topological polar surface area (TPSA) is 98.7 Å². The summed E-state index contributed by atoms with van der Waals surface area (Å²) in [5.41, 5.74) is 0.423. The van der Waals surface area contributed by atoms with E-state index in [1.165, 1.54) is 4.90 Å². The zero-order valence-electron chi connectivity index (χ0n) is 12.2. The molecule has 23 heavy (non-hydrogen) atoms. The van der Waals surface area contributed by atoms with E-state index in [0.717, 1.165) is 0 Å². The number of benzene rings is 1. The van der Waals surface area contributed by atoms with Gasteiger partial charge in [-0.05, 0) is 24.6 Å². The number of carbonyl (C=O) groups is 3. The summed E-state index contributed by atoms with van der Waals surface area (Å²) >= 11 is 5.87. The molecule has 0 bridgehead atoms. The van der Waals surface area contributed by atoms with Crippen LogP contribution in [0.2, 0.25) is 5.02 Å². The summed E-state index contributed by atoms with van der Waals surface area (Å²) in [7, 11) is 0. The number of halogens is 1. The van der Waals surface area contributed by atoms with Gasteiger partial charge in [-0.25, -0.2) is 0 Å². The van der Waals surface area contributed by atoms with Gasteiger partial charge in [0, 0.05) is 23.2 Å². The second kappa shape index (κ2) is 6.17. The van der Waals surface area contributed by atoms with Crippen LogP contribution in [-0.2, 0) is 9.59 Å². The summed E-state index contributed by atoms with van der Waals surface area (Å²) in [6, 6.07) is 4.72. The molecule has 0 aliphatic carbocycles. The van der Waals surface area contributed by atoms with Gasteiger partial charge in [-0.15, -0.1) is 0 Å². The first-order chi connectivity index (χ1) is 11.0. The molecule has 0 aromatic heterocycles. The molecule has 0 spiro atoms. The van der Waals surface area contributed by atoms with Crippen molar-refractivity contribution in [1.29, 1.82) is 0 Å². The summed E-state index contributed by atoms with van der Waals surface area (Å²) < 4.78 is 0. The van der Waals surface area contributed by atoms with Crippen molar-refractivity contribution < 1.29 is 19.5 Å². The maximum absolute atomic E-state index is 12.2. The van der Waals surface area contributed by atoms with Gasteiger partial charge in [-0.2, -0.15) is 0 Å². The van der Waals surface area contributed by atoms with E-state index >= 15 is 0 Å². The number of nitrogens with one attached hydrogen (secondary N) is 2. The zero-order valence-corrected chi connectivity index (χ0v) is 12.9. The van der Waals surface area contributed by atoms with E-state index in [2.05, 4.69) is 10.6 Å². The van der Waals surface area contributed by atoms with Crippen LogP contribution in [0.1, 0.15) is 16.8 Å². The van der Waals surface area contributed by atoms with E-state index in [0.29, 0.717) is 17.0 Å². The van der Waals surface area contributed by atoms with Gasteiger partial charge in [0.05, 0.1) is 6.61 Å². The van der Waals surface area contributed by atoms with E-state index in [1.54, 1.807) is 24.3 Å². The van der Waals surface area contributed by atoms with Crippen molar-refractivity contribution >= 4 is 29.3 Å². The van der Waals surface area contributed by atoms with Crippen LogP contribution in [0.3, 0.4) is 0 Å². The Hall–Kier alpha value is -2.12.